The lowest BCUT2D eigenvalue weighted by Gasteiger charge is -2.31. The molecule has 1 atom stereocenters. The molecule has 0 saturated carbocycles. The van der Waals surface area contributed by atoms with Crippen LogP contribution in [0.1, 0.15) is 23.7 Å². The number of aromatic nitrogens is 1. The van der Waals surface area contributed by atoms with Crippen molar-refractivity contribution in [1.29, 1.82) is 0 Å². The summed E-state index contributed by atoms with van der Waals surface area (Å²) >= 11 is 3.31. The Hall–Kier alpha value is -1.90. The van der Waals surface area contributed by atoms with Crippen molar-refractivity contribution in [3.05, 3.63) is 58.7 Å². The van der Waals surface area contributed by atoms with Crippen molar-refractivity contribution in [3.63, 3.8) is 0 Å². The number of hydrogen-bond acceptors (Lipinski definition) is 4. The van der Waals surface area contributed by atoms with Crippen LogP contribution in [0.2, 0.25) is 0 Å². The number of rotatable bonds is 3. The van der Waals surface area contributed by atoms with E-state index in [4.69, 9.17) is 5.84 Å². The Morgan fingerprint density at radius 3 is 2.83 bits per heavy atom. The third-order valence-electron chi connectivity index (χ3n) is 4.09. The number of hydrogen-bond donors (Lipinski definition) is 2. The number of benzene rings is 1. The van der Waals surface area contributed by atoms with Crippen LogP contribution in [0.15, 0.2) is 53.2 Å². The Bertz CT molecular complexity index is 977. The SMILES string of the molecule is CC1(S(=O)(=O)N(N)C(=O)c2ccc3[nH]ccc3c2)C=CC=C(Br)C1. The third kappa shape index (κ3) is 2.70. The fraction of sp³-hybridized carbons (Fsp3) is 0.188. The summed E-state index contributed by atoms with van der Waals surface area (Å²) in [4.78, 5) is 15.6. The van der Waals surface area contributed by atoms with Gasteiger partial charge in [-0.2, -0.15) is 4.41 Å². The van der Waals surface area contributed by atoms with Crippen LogP contribution in [0.25, 0.3) is 10.9 Å². The molecule has 1 aromatic heterocycles. The molecular weight excluding hydrogens is 394 g/mol. The Morgan fingerprint density at radius 1 is 1.38 bits per heavy atom. The summed E-state index contributed by atoms with van der Waals surface area (Å²) < 4.78 is 25.5. The maximum atomic E-state index is 12.9. The van der Waals surface area contributed by atoms with Gasteiger partial charge in [-0.15, -0.1) is 0 Å². The molecule has 6 nitrogen and oxygen atoms in total. The quantitative estimate of drug-likeness (QED) is 0.462. The van der Waals surface area contributed by atoms with Crippen molar-refractivity contribution in [2.75, 3.05) is 0 Å². The van der Waals surface area contributed by atoms with Gasteiger partial charge >= 0.3 is 0 Å². The molecule has 1 unspecified atom stereocenters. The van der Waals surface area contributed by atoms with Gasteiger partial charge in [0.1, 0.15) is 4.75 Å². The number of H-pyrrole nitrogens is 1. The molecule has 24 heavy (non-hydrogen) atoms. The van der Waals surface area contributed by atoms with Crippen LogP contribution in [-0.4, -0.2) is 28.5 Å². The summed E-state index contributed by atoms with van der Waals surface area (Å²) in [5.74, 6) is 4.96. The second-order valence-corrected chi connectivity index (χ2v) is 9.14. The van der Waals surface area contributed by atoms with Crippen LogP contribution in [-0.2, 0) is 10.0 Å². The van der Waals surface area contributed by atoms with Gasteiger partial charge in [-0.1, -0.05) is 34.2 Å². The number of sulfonamides is 1. The van der Waals surface area contributed by atoms with Crippen molar-refractivity contribution in [3.8, 4) is 0 Å². The molecule has 1 heterocycles. The van der Waals surface area contributed by atoms with Gasteiger partial charge in [0, 0.05) is 29.1 Å². The standard InChI is InChI=1S/C16H16BrN3O3S/c1-16(7-2-3-13(17)10-16)24(22,23)20(18)15(21)12-4-5-14-11(9-12)6-8-19-14/h2-9,19H,10,18H2,1H3. The fourth-order valence-electron chi connectivity index (χ4n) is 2.63. The minimum Gasteiger partial charge on any atom is -0.361 e. The highest BCUT2D eigenvalue weighted by atomic mass is 79.9. The van der Waals surface area contributed by atoms with Crippen molar-refractivity contribution >= 4 is 42.8 Å². The first-order valence-electron chi connectivity index (χ1n) is 7.19. The van der Waals surface area contributed by atoms with Crippen molar-refractivity contribution in [1.82, 2.24) is 9.40 Å². The van der Waals surface area contributed by atoms with E-state index in [9.17, 15) is 13.2 Å². The van der Waals surface area contributed by atoms with Crippen molar-refractivity contribution in [2.24, 2.45) is 5.84 Å². The maximum Gasteiger partial charge on any atom is 0.281 e. The van der Waals surface area contributed by atoms with Gasteiger partial charge in [-0.05, 0) is 35.7 Å². The normalized spacial score (nSPS) is 20.9. The third-order valence-corrected chi connectivity index (χ3v) is 6.78. The lowest BCUT2D eigenvalue weighted by atomic mass is 10.0. The summed E-state index contributed by atoms with van der Waals surface area (Å²) in [6, 6.07) is 6.67. The molecule has 126 valence electrons. The number of nitrogens with one attached hydrogen (secondary N) is 1. The first-order valence-corrected chi connectivity index (χ1v) is 9.43. The van der Waals surface area contributed by atoms with Crippen LogP contribution < -0.4 is 5.84 Å². The largest absolute Gasteiger partial charge is 0.361 e. The number of carbonyl (C=O) groups excluding carboxylic acids is 1. The number of aromatic amines is 1. The average Bonchev–Trinajstić information content (AvgIpc) is 3.00. The number of halogens is 1. The van der Waals surface area contributed by atoms with Crippen LogP contribution in [0.4, 0.5) is 0 Å². The van der Waals surface area contributed by atoms with E-state index in [1.807, 2.05) is 0 Å². The van der Waals surface area contributed by atoms with Gasteiger partial charge in [0.25, 0.3) is 15.9 Å². The van der Waals surface area contributed by atoms with Crippen LogP contribution >= 0.6 is 15.9 Å². The molecule has 0 radical (unpaired) electrons. The minimum absolute atomic E-state index is 0.212. The summed E-state index contributed by atoms with van der Waals surface area (Å²) in [6.07, 6.45) is 6.89. The highest BCUT2D eigenvalue weighted by Gasteiger charge is 2.43. The smallest absolute Gasteiger partial charge is 0.281 e. The van der Waals surface area contributed by atoms with E-state index in [-0.39, 0.29) is 12.0 Å². The highest BCUT2D eigenvalue weighted by Crippen LogP contribution is 2.34. The molecule has 1 aliphatic carbocycles. The van der Waals surface area contributed by atoms with Gasteiger partial charge in [0.15, 0.2) is 0 Å². The van der Waals surface area contributed by atoms with Crippen molar-refractivity contribution < 1.29 is 13.2 Å². The van der Waals surface area contributed by atoms with E-state index in [0.29, 0.717) is 4.41 Å². The van der Waals surface area contributed by atoms with Gasteiger partial charge in [0.2, 0.25) is 0 Å². The highest BCUT2D eigenvalue weighted by molar-refractivity contribution is 9.11. The fourth-order valence-corrected chi connectivity index (χ4v) is 4.92. The molecule has 1 aromatic carbocycles. The van der Waals surface area contributed by atoms with Crippen LogP contribution in [0, 0.1) is 0 Å². The zero-order valence-corrected chi connectivity index (χ0v) is 15.3. The molecule has 3 N–H and O–H groups in total. The summed E-state index contributed by atoms with van der Waals surface area (Å²) in [5, 5.41) is 0.807. The van der Waals surface area contributed by atoms with E-state index in [0.717, 1.165) is 15.4 Å². The number of carbonyl (C=O) groups is 1. The topological polar surface area (TPSA) is 96.3 Å². The van der Waals surface area contributed by atoms with E-state index in [1.54, 1.807) is 42.6 Å². The zero-order valence-electron chi connectivity index (χ0n) is 12.9. The Balaban J connectivity index is 1.94. The molecular formula is C16H16BrN3O3S. The van der Waals surface area contributed by atoms with Crippen LogP contribution in [0.5, 0.6) is 0 Å². The van der Waals surface area contributed by atoms with E-state index < -0.39 is 20.7 Å². The lowest BCUT2D eigenvalue weighted by molar-refractivity contribution is 0.0859. The monoisotopic (exact) mass is 409 g/mol. The first kappa shape index (κ1) is 16.9. The number of hydrazine groups is 1. The molecule has 3 rings (SSSR count). The molecule has 0 bridgehead atoms. The van der Waals surface area contributed by atoms with Gasteiger partial charge in [-0.3, -0.25) is 4.79 Å². The van der Waals surface area contributed by atoms with Gasteiger partial charge < -0.3 is 4.98 Å². The number of fused-ring (bicyclic) bond motifs is 1. The minimum atomic E-state index is -4.09. The molecule has 0 fully saturated rings. The molecule has 1 aliphatic rings. The number of amides is 1. The second kappa shape index (κ2) is 5.87. The number of nitrogens with two attached hydrogens (primary N) is 1. The van der Waals surface area contributed by atoms with Crippen molar-refractivity contribution in [2.45, 2.75) is 18.1 Å². The van der Waals surface area contributed by atoms with E-state index in [1.165, 1.54) is 13.0 Å². The Kier molecular flexibility index (Phi) is 4.15. The molecule has 2 aromatic rings. The summed E-state index contributed by atoms with van der Waals surface area (Å²) in [6.45, 7) is 1.54. The second-order valence-electron chi connectivity index (χ2n) is 5.85. The molecule has 1 amide bonds. The number of nitrogens with zero attached hydrogens (tertiary/aromatic N) is 1. The summed E-state index contributed by atoms with van der Waals surface area (Å²) in [5.41, 5.74) is 1.07. The first-order chi connectivity index (χ1) is 11.2. The predicted molar refractivity (Wildman–Crippen MR) is 96.7 cm³/mol. The van der Waals surface area contributed by atoms with Crippen LogP contribution in [0.3, 0.4) is 0 Å². The zero-order chi connectivity index (χ0) is 17.5. The molecule has 0 aliphatic heterocycles. The summed E-state index contributed by atoms with van der Waals surface area (Å²) in [7, 11) is -4.09. The Morgan fingerprint density at radius 2 is 2.12 bits per heavy atom. The number of allylic oxidation sites excluding steroid dienone is 3. The average molecular weight is 410 g/mol. The molecule has 0 saturated heterocycles. The Labute approximate surface area is 148 Å². The molecule has 8 heteroatoms. The maximum absolute atomic E-state index is 12.9. The van der Waals surface area contributed by atoms with Gasteiger partial charge in [-0.25, -0.2) is 14.3 Å². The van der Waals surface area contributed by atoms with E-state index >= 15 is 0 Å². The predicted octanol–water partition coefficient (Wildman–Crippen LogP) is 2.81. The van der Waals surface area contributed by atoms with E-state index in [2.05, 4.69) is 20.9 Å². The molecule has 0 spiro atoms. The lowest BCUT2D eigenvalue weighted by Crippen LogP contribution is -2.52. The van der Waals surface area contributed by atoms with Gasteiger partial charge in [0.05, 0.1) is 0 Å².